The summed E-state index contributed by atoms with van der Waals surface area (Å²) in [5, 5.41) is 7.93. The van der Waals surface area contributed by atoms with Crippen molar-refractivity contribution >= 4 is 0 Å². The highest BCUT2D eigenvalue weighted by Gasteiger charge is 2.29. The van der Waals surface area contributed by atoms with Crippen LogP contribution >= 0.6 is 0 Å². The molecule has 1 atom stereocenters. The van der Waals surface area contributed by atoms with E-state index in [4.69, 9.17) is 4.74 Å². The molecule has 0 spiro atoms. The maximum Gasteiger partial charge on any atom is 0.138 e. The Kier molecular flexibility index (Phi) is 3.18. The van der Waals surface area contributed by atoms with Gasteiger partial charge in [0.05, 0.1) is 6.54 Å². The number of rotatable bonds is 3. The smallest absolute Gasteiger partial charge is 0.138 e. The van der Waals surface area contributed by atoms with Crippen LogP contribution in [0.5, 0.6) is 5.75 Å². The molecule has 3 heterocycles. The van der Waals surface area contributed by atoms with Gasteiger partial charge in [-0.05, 0) is 37.5 Å². The van der Waals surface area contributed by atoms with E-state index in [0.717, 1.165) is 43.9 Å². The Morgan fingerprint density at radius 1 is 1.41 bits per heavy atom. The van der Waals surface area contributed by atoms with E-state index in [2.05, 4.69) is 47.4 Å². The van der Waals surface area contributed by atoms with E-state index < -0.39 is 0 Å². The number of fused-ring (bicyclic) bond motifs is 2. The Hall–Kier alpha value is -1.88. The number of nitrogens with zero attached hydrogens (tertiary/aromatic N) is 3. The van der Waals surface area contributed by atoms with Crippen LogP contribution in [0.15, 0.2) is 24.5 Å². The Morgan fingerprint density at radius 2 is 2.32 bits per heavy atom. The second-order valence-corrected chi connectivity index (χ2v) is 6.96. The number of hydrogen-bond donors (Lipinski definition) is 1. The van der Waals surface area contributed by atoms with Crippen molar-refractivity contribution in [3.8, 4) is 5.75 Å². The van der Waals surface area contributed by atoms with Gasteiger partial charge in [-0.1, -0.05) is 12.1 Å². The van der Waals surface area contributed by atoms with Crippen LogP contribution in [-0.4, -0.2) is 26.4 Å². The standard InChI is InChI=1S/C17H22N4O/c1-17(2)8-13-7-12(3-5-15(13)22-17)9-18-14-4-6-16-19-11-20-21(16)10-14/h3,5,7,11,14,18H,4,6,8-10H2,1-2H3/t14-/m1/s1. The molecule has 116 valence electrons. The van der Waals surface area contributed by atoms with Crippen molar-refractivity contribution < 1.29 is 4.74 Å². The van der Waals surface area contributed by atoms with Crippen LogP contribution in [0.2, 0.25) is 0 Å². The first-order valence-electron chi connectivity index (χ1n) is 8.00. The molecule has 22 heavy (non-hydrogen) atoms. The van der Waals surface area contributed by atoms with Gasteiger partial charge in [-0.2, -0.15) is 5.10 Å². The molecule has 0 saturated heterocycles. The molecule has 0 radical (unpaired) electrons. The predicted octanol–water partition coefficient (Wildman–Crippen LogP) is 2.10. The molecule has 0 fully saturated rings. The molecular formula is C17H22N4O. The lowest BCUT2D eigenvalue weighted by molar-refractivity contribution is 0.138. The van der Waals surface area contributed by atoms with Gasteiger partial charge < -0.3 is 10.1 Å². The zero-order valence-electron chi connectivity index (χ0n) is 13.2. The number of nitrogens with one attached hydrogen (secondary N) is 1. The minimum absolute atomic E-state index is 0.0682. The highest BCUT2D eigenvalue weighted by molar-refractivity contribution is 5.41. The predicted molar refractivity (Wildman–Crippen MR) is 83.8 cm³/mol. The fraction of sp³-hybridized carbons (Fsp3) is 0.529. The Labute approximate surface area is 130 Å². The fourth-order valence-corrected chi connectivity index (χ4v) is 3.44. The van der Waals surface area contributed by atoms with Crippen molar-refractivity contribution in [2.75, 3.05) is 0 Å². The first-order valence-corrected chi connectivity index (χ1v) is 8.00. The molecule has 1 aromatic heterocycles. The van der Waals surface area contributed by atoms with Crippen LogP contribution in [0.3, 0.4) is 0 Å². The van der Waals surface area contributed by atoms with Gasteiger partial charge in [0.25, 0.3) is 0 Å². The number of aromatic nitrogens is 3. The molecule has 5 heteroatoms. The van der Waals surface area contributed by atoms with Gasteiger partial charge in [0.15, 0.2) is 0 Å². The van der Waals surface area contributed by atoms with Gasteiger partial charge in [-0.15, -0.1) is 0 Å². The van der Waals surface area contributed by atoms with Gasteiger partial charge in [-0.3, -0.25) is 0 Å². The van der Waals surface area contributed by atoms with Crippen LogP contribution in [0.25, 0.3) is 0 Å². The van der Waals surface area contributed by atoms with E-state index in [-0.39, 0.29) is 5.60 Å². The molecule has 0 amide bonds. The van der Waals surface area contributed by atoms with Gasteiger partial charge >= 0.3 is 0 Å². The summed E-state index contributed by atoms with van der Waals surface area (Å²) in [5.41, 5.74) is 2.58. The maximum atomic E-state index is 5.93. The Bertz CT molecular complexity index is 692. The zero-order valence-corrected chi connectivity index (χ0v) is 13.2. The van der Waals surface area contributed by atoms with Gasteiger partial charge in [-0.25, -0.2) is 9.67 Å². The normalized spacial score (nSPS) is 22.0. The van der Waals surface area contributed by atoms with Gasteiger partial charge in [0, 0.05) is 25.4 Å². The van der Waals surface area contributed by atoms with Crippen molar-refractivity contribution in [2.24, 2.45) is 0 Å². The highest BCUT2D eigenvalue weighted by atomic mass is 16.5. The second kappa shape index (κ2) is 5.09. The lowest BCUT2D eigenvalue weighted by atomic mass is 10.00. The lowest BCUT2D eigenvalue weighted by Crippen LogP contribution is -2.37. The summed E-state index contributed by atoms with van der Waals surface area (Å²) in [7, 11) is 0. The molecule has 2 aromatic rings. The van der Waals surface area contributed by atoms with Crippen molar-refractivity contribution in [1.29, 1.82) is 0 Å². The molecule has 0 saturated carbocycles. The number of ether oxygens (including phenoxy) is 1. The molecule has 1 aromatic carbocycles. The molecule has 0 bridgehead atoms. The van der Waals surface area contributed by atoms with E-state index in [1.807, 2.05) is 4.68 Å². The topological polar surface area (TPSA) is 52.0 Å². The second-order valence-electron chi connectivity index (χ2n) is 6.96. The van der Waals surface area contributed by atoms with Crippen molar-refractivity contribution in [3.05, 3.63) is 41.5 Å². The molecule has 4 rings (SSSR count). The minimum atomic E-state index is -0.0682. The van der Waals surface area contributed by atoms with E-state index in [1.165, 1.54) is 11.1 Å². The van der Waals surface area contributed by atoms with Crippen LogP contribution in [0.4, 0.5) is 0 Å². The molecule has 2 aliphatic rings. The van der Waals surface area contributed by atoms with E-state index in [1.54, 1.807) is 6.33 Å². The van der Waals surface area contributed by atoms with Crippen molar-refractivity contribution in [1.82, 2.24) is 20.1 Å². The summed E-state index contributed by atoms with van der Waals surface area (Å²) in [5.74, 6) is 2.15. The molecule has 0 unspecified atom stereocenters. The summed E-state index contributed by atoms with van der Waals surface area (Å²) in [4.78, 5) is 4.27. The summed E-state index contributed by atoms with van der Waals surface area (Å²) < 4.78 is 7.95. The monoisotopic (exact) mass is 298 g/mol. The van der Waals surface area contributed by atoms with E-state index >= 15 is 0 Å². The summed E-state index contributed by atoms with van der Waals surface area (Å²) in [6.07, 6.45) is 4.77. The first-order chi connectivity index (χ1) is 10.6. The van der Waals surface area contributed by atoms with Crippen LogP contribution in [-0.2, 0) is 25.9 Å². The fourth-order valence-electron chi connectivity index (χ4n) is 3.44. The van der Waals surface area contributed by atoms with Crippen LogP contribution < -0.4 is 10.1 Å². The minimum Gasteiger partial charge on any atom is -0.487 e. The number of aryl methyl sites for hydroxylation is 1. The highest BCUT2D eigenvalue weighted by Crippen LogP contribution is 2.35. The van der Waals surface area contributed by atoms with E-state index in [0.29, 0.717) is 6.04 Å². The number of hydrogen-bond acceptors (Lipinski definition) is 4. The van der Waals surface area contributed by atoms with E-state index in [9.17, 15) is 0 Å². The summed E-state index contributed by atoms with van der Waals surface area (Å²) in [6, 6.07) is 7.02. The average Bonchev–Trinajstić information content (AvgIpc) is 3.05. The maximum absolute atomic E-state index is 5.93. The van der Waals surface area contributed by atoms with Gasteiger partial charge in [0.2, 0.25) is 0 Å². The molecule has 0 aliphatic carbocycles. The Morgan fingerprint density at radius 3 is 3.23 bits per heavy atom. The lowest BCUT2D eigenvalue weighted by Gasteiger charge is -2.23. The molecule has 5 nitrogen and oxygen atoms in total. The molecular weight excluding hydrogens is 276 g/mol. The third-order valence-electron chi connectivity index (χ3n) is 4.53. The number of benzene rings is 1. The van der Waals surface area contributed by atoms with Crippen LogP contribution in [0.1, 0.15) is 37.2 Å². The van der Waals surface area contributed by atoms with Crippen LogP contribution in [0, 0.1) is 0 Å². The third-order valence-corrected chi connectivity index (χ3v) is 4.53. The SMILES string of the molecule is CC1(C)Cc2cc(CN[C@@H]3CCc4ncnn4C3)ccc2O1. The first kappa shape index (κ1) is 13.8. The van der Waals surface area contributed by atoms with Gasteiger partial charge in [0.1, 0.15) is 23.5 Å². The zero-order chi connectivity index (χ0) is 15.2. The summed E-state index contributed by atoms with van der Waals surface area (Å²) in [6.45, 7) is 6.09. The summed E-state index contributed by atoms with van der Waals surface area (Å²) >= 11 is 0. The third kappa shape index (κ3) is 2.61. The molecule has 2 aliphatic heterocycles. The van der Waals surface area contributed by atoms with Crippen molar-refractivity contribution in [3.63, 3.8) is 0 Å². The molecule has 1 N–H and O–H groups in total. The average molecular weight is 298 g/mol. The van der Waals surface area contributed by atoms with Crippen molar-refractivity contribution in [2.45, 2.75) is 57.8 Å². The largest absolute Gasteiger partial charge is 0.487 e. The quantitative estimate of drug-likeness (QED) is 0.943. The Balaban J connectivity index is 1.39.